The number of aromatic nitrogens is 1. The number of nitrogens with zero attached hydrogens (tertiary/aromatic N) is 2. The van der Waals surface area contributed by atoms with Gasteiger partial charge < -0.3 is 14.2 Å². The maximum Gasteiger partial charge on any atom is 0.233 e. The van der Waals surface area contributed by atoms with Gasteiger partial charge in [0.05, 0.1) is 10.8 Å². The molecule has 3 unspecified atom stereocenters. The molecule has 1 fully saturated rings. The lowest BCUT2D eigenvalue weighted by atomic mass is 10.1. The van der Waals surface area contributed by atoms with Crippen LogP contribution in [0.5, 0.6) is 23.1 Å². The summed E-state index contributed by atoms with van der Waals surface area (Å²) in [6.07, 6.45) is 1.34. The predicted molar refractivity (Wildman–Crippen MR) is 126 cm³/mol. The predicted octanol–water partition coefficient (Wildman–Crippen LogP) is 4.51. The molecule has 9 heteroatoms. The molecule has 1 amide bonds. The Morgan fingerprint density at radius 3 is 2.59 bits per heavy atom. The Labute approximate surface area is 200 Å². The molecule has 3 atom stereocenters. The number of carbonyl (C=O) groups is 1. The van der Waals surface area contributed by atoms with E-state index in [2.05, 4.69) is 9.71 Å². The lowest BCUT2D eigenvalue weighted by Crippen LogP contribution is -2.15. The van der Waals surface area contributed by atoms with Gasteiger partial charge in [-0.25, -0.2) is 9.19 Å². The SMILES string of the molecule is CC.N#Cc1ccc(Oc2cccc3c2OCC3Oc2ccc(C3CC(=O)NS3=O)cc2)nc1. The van der Waals surface area contributed by atoms with Crippen molar-refractivity contribution in [3.05, 3.63) is 77.5 Å². The van der Waals surface area contributed by atoms with Crippen molar-refractivity contribution >= 4 is 16.9 Å². The summed E-state index contributed by atoms with van der Waals surface area (Å²) in [5.74, 6) is 1.90. The molecule has 0 radical (unpaired) electrons. The molecule has 8 nitrogen and oxygen atoms in total. The molecular weight excluding hydrogens is 454 g/mol. The number of para-hydroxylation sites is 1. The molecule has 2 aliphatic heterocycles. The van der Waals surface area contributed by atoms with Gasteiger partial charge in [-0.3, -0.25) is 9.52 Å². The van der Waals surface area contributed by atoms with Gasteiger partial charge in [-0.05, 0) is 29.8 Å². The Bertz CT molecular complexity index is 1240. The van der Waals surface area contributed by atoms with Crippen LogP contribution >= 0.6 is 0 Å². The lowest BCUT2D eigenvalue weighted by Gasteiger charge is -2.14. The molecule has 2 aliphatic rings. The maximum absolute atomic E-state index is 12.0. The van der Waals surface area contributed by atoms with E-state index in [-0.39, 0.29) is 23.7 Å². The average Bonchev–Trinajstić information content (AvgIpc) is 3.44. The van der Waals surface area contributed by atoms with Crippen molar-refractivity contribution in [3.8, 4) is 29.2 Å². The second-order valence-electron chi connectivity index (χ2n) is 7.28. The summed E-state index contributed by atoms with van der Waals surface area (Å²) in [6, 6.07) is 18.1. The number of fused-ring (bicyclic) bond motifs is 1. The number of carbonyl (C=O) groups excluding carboxylic acids is 1. The molecule has 0 spiro atoms. The quantitative estimate of drug-likeness (QED) is 0.576. The van der Waals surface area contributed by atoms with Crippen LogP contribution in [0, 0.1) is 11.3 Å². The van der Waals surface area contributed by atoms with Crippen molar-refractivity contribution in [1.29, 1.82) is 5.26 Å². The Hall–Kier alpha value is -3.90. The van der Waals surface area contributed by atoms with Crippen molar-refractivity contribution in [3.63, 3.8) is 0 Å². The molecule has 34 heavy (non-hydrogen) atoms. The first-order valence-corrected chi connectivity index (χ1v) is 12.1. The third-order valence-electron chi connectivity index (χ3n) is 5.19. The fraction of sp³-hybridized carbons (Fsp3) is 0.240. The van der Waals surface area contributed by atoms with Gasteiger partial charge >= 0.3 is 0 Å². The van der Waals surface area contributed by atoms with Gasteiger partial charge in [0.15, 0.2) is 17.6 Å². The number of amides is 1. The fourth-order valence-electron chi connectivity index (χ4n) is 3.62. The van der Waals surface area contributed by atoms with Crippen LogP contribution in [0.1, 0.15) is 48.3 Å². The van der Waals surface area contributed by atoms with E-state index in [0.29, 0.717) is 35.3 Å². The maximum atomic E-state index is 12.0. The Balaban J connectivity index is 0.00000133. The molecule has 1 aromatic heterocycles. The highest BCUT2D eigenvalue weighted by molar-refractivity contribution is 7.84. The second kappa shape index (κ2) is 10.4. The monoisotopic (exact) mass is 477 g/mol. The minimum Gasteiger partial charge on any atom is -0.485 e. The fourth-order valence-corrected chi connectivity index (χ4v) is 4.78. The molecule has 174 valence electrons. The number of nitrogens with one attached hydrogen (secondary N) is 1. The topological polar surface area (TPSA) is 111 Å². The van der Waals surface area contributed by atoms with Gasteiger partial charge in [0.1, 0.15) is 29.4 Å². The Kier molecular flexibility index (Phi) is 7.09. The van der Waals surface area contributed by atoms with Crippen LogP contribution in [-0.4, -0.2) is 21.7 Å². The summed E-state index contributed by atoms with van der Waals surface area (Å²) in [4.78, 5) is 15.6. The lowest BCUT2D eigenvalue weighted by molar-refractivity contribution is -0.118. The van der Waals surface area contributed by atoms with Crippen LogP contribution in [0.2, 0.25) is 0 Å². The van der Waals surface area contributed by atoms with E-state index < -0.39 is 11.0 Å². The summed E-state index contributed by atoms with van der Waals surface area (Å²) in [7, 11) is -1.40. The smallest absolute Gasteiger partial charge is 0.233 e. The van der Waals surface area contributed by atoms with E-state index in [4.69, 9.17) is 19.5 Å². The number of benzene rings is 2. The molecule has 0 aliphatic carbocycles. The van der Waals surface area contributed by atoms with Crippen LogP contribution in [-0.2, 0) is 15.8 Å². The zero-order chi connectivity index (χ0) is 24.1. The third kappa shape index (κ3) is 4.87. The summed E-state index contributed by atoms with van der Waals surface area (Å²) >= 11 is 0. The number of rotatable bonds is 5. The molecule has 1 N–H and O–H groups in total. The number of pyridine rings is 1. The van der Waals surface area contributed by atoms with Gasteiger partial charge in [-0.15, -0.1) is 0 Å². The third-order valence-corrected chi connectivity index (χ3v) is 6.57. The van der Waals surface area contributed by atoms with Crippen LogP contribution < -0.4 is 18.9 Å². The van der Waals surface area contributed by atoms with Crippen molar-refractivity contribution < 1.29 is 23.2 Å². The van der Waals surface area contributed by atoms with Crippen LogP contribution in [0.3, 0.4) is 0 Å². The molecule has 0 bridgehead atoms. The number of hydrogen-bond donors (Lipinski definition) is 1. The zero-order valence-electron chi connectivity index (χ0n) is 18.7. The highest BCUT2D eigenvalue weighted by Gasteiger charge is 2.31. The highest BCUT2D eigenvalue weighted by atomic mass is 32.2. The Morgan fingerprint density at radius 2 is 1.94 bits per heavy atom. The molecular formula is C25H23N3O5S. The van der Waals surface area contributed by atoms with E-state index >= 15 is 0 Å². The normalized spacial score (nSPS) is 20.1. The summed E-state index contributed by atoms with van der Waals surface area (Å²) in [6.45, 7) is 4.32. The Morgan fingerprint density at radius 1 is 1.15 bits per heavy atom. The van der Waals surface area contributed by atoms with Crippen molar-refractivity contribution in [1.82, 2.24) is 9.71 Å². The molecule has 3 heterocycles. The number of ether oxygens (including phenoxy) is 3. The van der Waals surface area contributed by atoms with E-state index in [1.54, 1.807) is 30.3 Å². The summed E-state index contributed by atoms with van der Waals surface area (Å²) in [5, 5.41) is 8.55. The zero-order valence-corrected chi connectivity index (χ0v) is 19.5. The summed E-state index contributed by atoms with van der Waals surface area (Å²) < 4.78 is 32.2. The van der Waals surface area contributed by atoms with Gasteiger partial charge in [-0.2, -0.15) is 5.26 Å². The molecule has 3 aromatic rings. The number of hydrogen-bond acceptors (Lipinski definition) is 7. The second-order valence-corrected chi connectivity index (χ2v) is 8.64. The number of nitriles is 1. The molecule has 0 saturated carbocycles. The summed E-state index contributed by atoms with van der Waals surface area (Å²) in [5.41, 5.74) is 2.13. The molecule has 5 rings (SSSR count). The van der Waals surface area contributed by atoms with E-state index in [1.807, 2.05) is 44.2 Å². The van der Waals surface area contributed by atoms with Crippen molar-refractivity contribution in [2.45, 2.75) is 31.6 Å². The first kappa shape index (κ1) is 23.3. The van der Waals surface area contributed by atoms with Crippen LogP contribution in [0.4, 0.5) is 0 Å². The van der Waals surface area contributed by atoms with Gasteiger partial charge in [0.25, 0.3) is 0 Å². The first-order valence-electron chi connectivity index (χ1n) is 10.9. The van der Waals surface area contributed by atoms with Gasteiger partial charge in [0, 0.05) is 24.2 Å². The average molecular weight is 478 g/mol. The minimum atomic E-state index is -1.40. The van der Waals surface area contributed by atoms with E-state index in [0.717, 1.165) is 11.1 Å². The minimum absolute atomic E-state index is 0.206. The highest BCUT2D eigenvalue weighted by Crippen LogP contribution is 2.43. The largest absolute Gasteiger partial charge is 0.485 e. The van der Waals surface area contributed by atoms with E-state index in [1.165, 1.54) is 6.20 Å². The van der Waals surface area contributed by atoms with Crippen LogP contribution in [0.25, 0.3) is 0 Å². The van der Waals surface area contributed by atoms with Gasteiger partial charge in [0.2, 0.25) is 11.8 Å². The molecule has 1 saturated heterocycles. The van der Waals surface area contributed by atoms with Crippen molar-refractivity contribution in [2.75, 3.05) is 6.61 Å². The van der Waals surface area contributed by atoms with Gasteiger partial charge in [-0.1, -0.05) is 38.1 Å². The first-order chi connectivity index (χ1) is 16.6. The van der Waals surface area contributed by atoms with Crippen LogP contribution in [0.15, 0.2) is 60.8 Å². The standard InChI is InChI=1S/C23H17N3O5S.C2H6/c24-11-14-4-9-22(25-12-14)31-18-3-1-2-17-19(13-29-23(17)18)30-16-7-5-15(6-8-16)20-10-21(27)26-32(20)28;1-2/h1-9,12,19-20H,10,13H2,(H,26,27);1-2H3. The van der Waals surface area contributed by atoms with E-state index in [9.17, 15) is 9.00 Å². The van der Waals surface area contributed by atoms with Crippen molar-refractivity contribution in [2.24, 2.45) is 0 Å². The molecule has 2 aromatic carbocycles.